The van der Waals surface area contributed by atoms with Gasteiger partial charge in [0.25, 0.3) is 0 Å². The molecule has 2 N–H and O–H groups in total. The van der Waals surface area contributed by atoms with Gasteiger partial charge in [0.05, 0.1) is 5.01 Å². The Hall–Kier alpha value is -0.230. The first kappa shape index (κ1) is 12.2. The molecule has 0 aliphatic carbocycles. The van der Waals surface area contributed by atoms with E-state index in [4.69, 9.17) is 5.73 Å². The molecular formula is C11H10Br2N2S. The van der Waals surface area contributed by atoms with Crippen molar-refractivity contribution in [3.8, 4) is 0 Å². The van der Waals surface area contributed by atoms with Crippen molar-refractivity contribution in [2.75, 3.05) is 0 Å². The highest BCUT2D eigenvalue weighted by atomic mass is 79.9. The molecule has 1 unspecified atom stereocenters. The molecule has 0 amide bonds. The fourth-order valence-corrected chi connectivity index (χ4v) is 3.05. The minimum absolute atomic E-state index is 0.0296. The molecule has 16 heavy (non-hydrogen) atoms. The van der Waals surface area contributed by atoms with Crippen molar-refractivity contribution >= 4 is 43.2 Å². The number of benzene rings is 1. The summed E-state index contributed by atoms with van der Waals surface area (Å²) in [7, 11) is 0. The summed E-state index contributed by atoms with van der Waals surface area (Å²) in [4.78, 5) is 4.25. The average molecular weight is 362 g/mol. The van der Waals surface area contributed by atoms with Gasteiger partial charge in [0, 0.05) is 33.0 Å². The van der Waals surface area contributed by atoms with Crippen LogP contribution >= 0.6 is 43.2 Å². The van der Waals surface area contributed by atoms with Crippen LogP contribution in [0.3, 0.4) is 0 Å². The molecule has 2 rings (SSSR count). The van der Waals surface area contributed by atoms with Gasteiger partial charge in [-0.1, -0.05) is 31.9 Å². The van der Waals surface area contributed by atoms with E-state index in [9.17, 15) is 0 Å². The first-order chi connectivity index (χ1) is 7.66. The van der Waals surface area contributed by atoms with Gasteiger partial charge in [-0.2, -0.15) is 0 Å². The summed E-state index contributed by atoms with van der Waals surface area (Å²) in [6.45, 7) is 0. The van der Waals surface area contributed by atoms with E-state index in [1.807, 2.05) is 29.8 Å². The summed E-state index contributed by atoms with van der Waals surface area (Å²) < 4.78 is 2.08. The van der Waals surface area contributed by atoms with Gasteiger partial charge < -0.3 is 5.73 Å². The quantitative estimate of drug-likeness (QED) is 0.899. The van der Waals surface area contributed by atoms with Gasteiger partial charge >= 0.3 is 0 Å². The molecule has 0 saturated heterocycles. The predicted octanol–water partition coefficient (Wildman–Crippen LogP) is 3.91. The second-order valence-electron chi connectivity index (χ2n) is 3.40. The van der Waals surface area contributed by atoms with Gasteiger partial charge in [-0.25, -0.2) is 4.98 Å². The van der Waals surface area contributed by atoms with E-state index in [1.165, 1.54) is 0 Å². The van der Waals surface area contributed by atoms with Gasteiger partial charge in [-0.05, 0) is 23.8 Å². The molecule has 2 aromatic rings. The maximum absolute atomic E-state index is 6.17. The monoisotopic (exact) mass is 360 g/mol. The van der Waals surface area contributed by atoms with Crippen molar-refractivity contribution in [3.05, 3.63) is 49.3 Å². The van der Waals surface area contributed by atoms with Crippen molar-refractivity contribution in [2.24, 2.45) is 5.73 Å². The summed E-state index contributed by atoms with van der Waals surface area (Å²) in [5.74, 6) is 0. The molecule has 1 atom stereocenters. The maximum atomic E-state index is 6.17. The van der Waals surface area contributed by atoms with Crippen LogP contribution in [0.2, 0.25) is 0 Å². The van der Waals surface area contributed by atoms with Gasteiger partial charge in [-0.3, -0.25) is 0 Å². The Morgan fingerprint density at radius 2 is 2.19 bits per heavy atom. The molecule has 1 aromatic carbocycles. The topological polar surface area (TPSA) is 38.9 Å². The van der Waals surface area contributed by atoms with Crippen LogP contribution in [0.1, 0.15) is 16.6 Å². The van der Waals surface area contributed by atoms with Crippen molar-refractivity contribution in [1.29, 1.82) is 0 Å². The maximum Gasteiger partial charge on any atom is 0.0943 e. The molecule has 0 spiro atoms. The number of halogens is 2. The molecule has 2 nitrogen and oxygen atoms in total. The number of aromatic nitrogens is 1. The Morgan fingerprint density at radius 1 is 1.38 bits per heavy atom. The lowest BCUT2D eigenvalue weighted by molar-refractivity contribution is 0.714. The zero-order chi connectivity index (χ0) is 11.5. The highest BCUT2D eigenvalue weighted by Gasteiger charge is 2.12. The lowest BCUT2D eigenvalue weighted by atomic mass is 10.1. The Labute approximate surface area is 115 Å². The highest BCUT2D eigenvalue weighted by molar-refractivity contribution is 9.11. The Bertz CT molecular complexity index is 471. The van der Waals surface area contributed by atoms with Gasteiger partial charge in [0.15, 0.2) is 0 Å². The Kier molecular flexibility index (Phi) is 4.13. The molecule has 5 heteroatoms. The minimum Gasteiger partial charge on any atom is -0.324 e. The van der Waals surface area contributed by atoms with Crippen molar-refractivity contribution in [1.82, 2.24) is 4.98 Å². The van der Waals surface area contributed by atoms with Crippen molar-refractivity contribution in [2.45, 2.75) is 12.5 Å². The standard InChI is InChI=1S/C11H10Br2N2S/c12-7-1-2-9(13)8(5-7)10(14)6-11-15-3-4-16-11/h1-5,10H,6,14H2. The first-order valence-corrected chi connectivity index (χ1v) is 7.22. The SMILES string of the molecule is NC(Cc1nccs1)c1cc(Br)ccc1Br. The summed E-state index contributed by atoms with van der Waals surface area (Å²) in [5, 5.41) is 3.04. The molecular weight excluding hydrogens is 352 g/mol. The molecule has 0 radical (unpaired) electrons. The van der Waals surface area contributed by atoms with Crippen LogP contribution in [0.25, 0.3) is 0 Å². The van der Waals surface area contributed by atoms with E-state index < -0.39 is 0 Å². The number of hydrogen-bond donors (Lipinski definition) is 1. The fraction of sp³-hybridized carbons (Fsp3) is 0.182. The number of hydrogen-bond acceptors (Lipinski definition) is 3. The van der Waals surface area contributed by atoms with Crippen LogP contribution in [0.4, 0.5) is 0 Å². The minimum atomic E-state index is -0.0296. The van der Waals surface area contributed by atoms with E-state index in [1.54, 1.807) is 11.3 Å². The predicted molar refractivity (Wildman–Crippen MR) is 74.6 cm³/mol. The molecule has 0 aliphatic heterocycles. The molecule has 84 valence electrons. The van der Waals surface area contributed by atoms with Crippen LogP contribution in [-0.4, -0.2) is 4.98 Å². The molecule has 0 fully saturated rings. The molecule has 1 heterocycles. The number of nitrogens with zero attached hydrogens (tertiary/aromatic N) is 1. The van der Waals surface area contributed by atoms with E-state index >= 15 is 0 Å². The average Bonchev–Trinajstić information content (AvgIpc) is 2.74. The lowest BCUT2D eigenvalue weighted by Crippen LogP contribution is -2.13. The number of rotatable bonds is 3. The first-order valence-electron chi connectivity index (χ1n) is 4.75. The second kappa shape index (κ2) is 5.40. The summed E-state index contributed by atoms with van der Waals surface area (Å²) in [5.41, 5.74) is 7.27. The molecule has 1 aromatic heterocycles. The number of nitrogens with two attached hydrogens (primary N) is 1. The largest absolute Gasteiger partial charge is 0.324 e. The molecule has 0 bridgehead atoms. The lowest BCUT2D eigenvalue weighted by Gasteiger charge is -2.12. The summed E-state index contributed by atoms with van der Waals surface area (Å²) >= 11 is 8.61. The fourth-order valence-electron chi connectivity index (χ4n) is 1.45. The van der Waals surface area contributed by atoms with Gasteiger partial charge in [0.2, 0.25) is 0 Å². The van der Waals surface area contributed by atoms with Crippen LogP contribution in [-0.2, 0) is 6.42 Å². The Balaban J connectivity index is 2.20. The van der Waals surface area contributed by atoms with Crippen molar-refractivity contribution in [3.63, 3.8) is 0 Å². The number of thiazole rings is 1. The zero-order valence-corrected chi connectivity index (χ0v) is 12.3. The van der Waals surface area contributed by atoms with E-state index in [0.717, 1.165) is 25.9 Å². The van der Waals surface area contributed by atoms with E-state index in [2.05, 4.69) is 36.8 Å². The van der Waals surface area contributed by atoms with Gasteiger partial charge in [-0.15, -0.1) is 11.3 Å². The van der Waals surface area contributed by atoms with Crippen molar-refractivity contribution < 1.29 is 0 Å². The third-order valence-corrected chi connectivity index (χ3v) is 4.25. The van der Waals surface area contributed by atoms with Crippen LogP contribution in [0.15, 0.2) is 38.7 Å². The molecule has 0 aliphatic rings. The summed E-state index contributed by atoms with van der Waals surface area (Å²) in [6, 6.07) is 6.01. The third-order valence-electron chi connectivity index (χ3n) is 2.24. The normalized spacial score (nSPS) is 12.7. The Morgan fingerprint density at radius 3 is 2.88 bits per heavy atom. The van der Waals surface area contributed by atoms with Crippen LogP contribution in [0.5, 0.6) is 0 Å². The van der Waals surface area contributed by atoms with Crippen LogP contribution in [0, 0.1) is 0 Å². The van der Waals surface area contributed by atoms with Gasteiger partial charge in [0.1, 0.15) is 0 Å². The second-order valence-corrected chi connectivity index (χ2v) is 6.15. The van der Waals surface area contributed by atoms with E-state index in [-0.39, 0.29) is 6.04 Å². The highest BCUT2D eigenvalue weighted by Crippen LogP contribution is 2.28. The third kappa shape index (κ3) is 2.91. The van der Waals surface area contributed by atoms with Crippen LogP contribution < -0.4 is 5.73 Å². The van der Waals surface area contributed by atoms with E-state index in [0.29, 0.717) is 0 Å². The smallest absolute Gasteiger partial charge is 0.0943 e. The molecule has 0 saturated carbocycles. The zero-order valence-electron chi connectivity index (χ0n) is 8.36. The summed E-state index contributed by atoms with van der Waals surface area (Å²) in [6.07, 6.45) is 2.58.